The summed E-state index contributed by atoms with van der Waals surface area (Å²) in [5, 5.41) is 6.48. The predicted octanol–water partition coefficient (Wildman–Crippen LogP) is 2.91. The third-order valence-electron chi connectivity index (χ3n) is 3.44. The summed E-state index contributed by atoms with van der Waals surface area (Å²) < 4.78 is 0. The van der Waals surface area contributed by atoms with E-state index in [0.29, 0.717) is 13.1 Å². The van der Waals surface area contributed by atoms with E-state index in [9.17, 15) is 4.79 Å². The fraction of sp³-hybridized carbons (Fsp3) is 0.562. The summed E-state index contributed by atoms with van der Waals surface area (Å²) in [6, 6.07) is 7.59. The van der Waals surface area contributed by atoms with E-state index in [1.54, 1.807) is 0 Å². The van der Waals surface area contributed by atoms with E-state index in [0.717, 1.165) is 37.5 Å². The molecule has 2 N–H and O–H groups in total. The van der Waals surface area contributed by atoms with E-state index in [1.165, 1.54) is 5.56 Å². The normalized spacial score (nSPS) is 10.7. The first-order chi connectivity index (χ1) is 10.2. The van der Waals surface area contributed by atoms with Gasteiger partial charge in [0, 0.05) is 18.1 Å². The van der Waals surface area contributed by atoms with Crippen LogP contribution in [0.5, 0.6) is 0 Å². The Hall–Kier alpha value is -1.26. The van der Waals surface area contributed by atoms with Crippen LogP contribution in [0.25, 0.3) is 0 Å². The van der Waals surface area contributed by atoms with Crippen LogP contribution in [0.15, 0.2) is 24.3 Å². The molecule has 0 saturated heterocycles. The lowest BCUT2D eigenvalue weighted by Crippen LogP contribution is -2.38. The number of urea groups is 1. The second kappa shape index (κ2) is 10.5. The van der Waals surface area contributed by atoms with Gasteiger partial charge in [-0.15, -0.1) is 0 Å². The van der Waals surface area contributed by atoms with Crippen LogP contribution in [-0.2, 0) is 6.42 Å². The van der Waals surface area contributed by atoms with Gasteiger partial charge in [0.05, 0.1) is 0 Å². The Morgan fingerprint density at radius 2 is 1.71 bits per heavy atom. The van der Waals surface area contributed by atoms with Crippen LogP contribution in [0, 0.1) is 0 Å². The number of halogens is 1. The molecule has 4 nitrogen and oxygen atoms in total. The molecule has 21 heavy (non-hydrogen) atoms. The lowest BCUT2D eigenvalue weighted by atomic mass is 10.1. The van der Waals surface area contributed by atoms with Gasteiger partial charge < -0.3 is 15.5 Å². The minimum Gasteiger partial charge on any atom is -0.338 e. The molecule has 0 bridgehead atoms. The maximum Gasteiger partial charge on any atom is 0.314 e. The van der Waals surface area contributed by atoms with Gasteiger partial charge in [0.1, 0.15) is 0 Å². The second-order valence-corrected chi connectivity index (χ2v) is 5.38. The number of carbonyl (C=O) groups excluding carboxylic acids is 1. The van der Waals surface area contributed by atoms with E-state index in [2.05, 4.69) is 29.4 Å². The smallest absolute Gasteiger partial charge is 0.314 e. The first kappa shape index (κ1) is 17.8. The molecule has 2 amide bonds. The van der Waals surface area contributed by atoms with Crippen LogP contribution < -0.4 is 10.6 Å². The van der Waals surface area contributed by atoms with E-state index < -0.39 is 0 Å². The number of rotatable bonds is 9. The molecule has 1 rings (SSSR count). The molecule has 0 aliphatic carbocycles. The van der Waals surface area contributed by atoms with Crippen molar-refractivity contribution >= 4 is 17.6 Å². The molecule has 0 aliphatic heterocycles. The zero-order valence-corrected chi connectivity index (χ0v) is 13.7. The Morgan fingerprint density at radius 3 is 2.33 bits per heavy atom. The van der Waals surface area contributed by atoms with Crippen molar-refractivity contribution in [2.75, 3.05) is 32.7 Å². The first-order valence-corrected chi connectivity index (χ1v) is 8.02. The Kier molecular flexibility index (Phi) is 8.87. The van der Waals surface area contributed by atoms with Crippen LogP contribution in [0.1, 0.15) is 25.8 Å². The summed E-state index contributed by atoms with van der Waals surface area (Å²) in [5.41, 5.74) is 1.17. The van der Waals surface area contributed by atoms with E-state index in [4.69, 9.17) is 11.6 Å². The molecule has 0 aliphatic rings. The monoisotopic (exact) mass is 311 g/mol. The SMILES string of the molecule is CCN(CC)CCCNC(=O)NCCc1ccc(Cl)cc1. The third kappa shape index (κ3) is 7.93. The van der Waals surface area contributed by atoms with Gasteiger partial charge >= 0.3 is 6.03 Å². The van der Waals surface area contributed by atoms with Gasteiger partial charge in [0.15, 0.2) is 0 Å². The highest BCUT2D eigenvalue weighted by molar-refractivity contribution is 6.30. The summed E-state index contributed by atoms with van der Waals surface area (Å²) in [4.78, 5) is 14.0. The highest BCUT2D eigenvalue weighted by Crippen LogP contribution is 2.09. The van der Waals surface area contributed by atoms with Crippen LogP contribution in [0.3, 0.4) is 0 Å². The van der Waals surface area contributed by atoms with Gasteiger partial charge in [-0.3, -0.25) is 0 Å². The highest BCUT2D eigenvalue weighted by atomic mass is 35.5. The van der Waals surface area contributed by atoms with Crippen molar-refractivity contribution in [3.8, 4) is 0 Å². The quantitative estimate of drug-likeness (QED) is 0.689. The molecule has 0 unspecified atom stereocenters. The lowest BCUT2D eigenvalue weighted by molar-refractivity contribution is 0.239. The molecule has 0 aromatic heterocycles. The van der Waals surface area contributed by atoms with Crippen LogP contribution in [0.2, 0.25) is 5.02 Å². The van der Waals surface area contributed by atoms with Crippen molar-refractivity contribution in [2.45, 2.75) is 26.7 Å². The zero-order chi connectivity index (χ0) is 15.5. The molecule has 0 heterocycles. The van der Waals surface area contributed by atoms with E-state index in [-0.39, 0.29) is 6.03 Å². The average molecular weight is 312 g/mol. The topological polar surface area (TPSA) is 44.4 Å². The molecule has 0 radical (unpaired) electrons. The van der Waals surface area contributed by atoms with E-state index in [1.807, 2.05) is 24.3 Å². The van der Waals surface area contributed by atoms with Crippen molar-refractivity contribution in [3.63, 3.8) is 0 Å². The number of carbonyl (C=O) groups is 1. The Morgan fingerprint density at radius 1 is 1.10 bits per heavy atom. The van der Waals surface area contributed by atoms with Gasteiger partial charge in [-0.2, -0.15) is 0 Å². The Balaban J connectivity index is 2.07. The van der Waals surface area contributed by atoms with Crippen LogP contribution in [-0.4, -0.2) is 43.7 Å². The first-order valence-electron chi connectivity index (χ1n) is 7.64. The summed E-state index contributed by atoms with van der Waals surface area (Å²) in [5.74, 6) is 0. The number of hydrogen-bond acceptors (Lipinski definition) is 2. The van der Waals surface area contributed by atoms with Gasteiger partial charge in [-0.05, 0) is 50.2 Å². The summed E-state index contributed by atoms with van der Waals surface area (Å²) in [6.07, 6.45) is 1.79. The molecule has 5 heteroatoms. The Labute approximate surface area is 132 Å². The molecule has 1 aromatic rings. The minimum atomic E-state index is -0.0940. The molecule has 0 fully saturated rings. The lowest BCUT2D eigenvalue weighted by Gasteiger charge is -2.17. The van der Waals surface area contributed by atoms with Gasteiger partial charge in [-0.25, -0.2) is 4.79 Å². The van der Waals surface area contributed by atoms with Gasteiger partial charge in [-0.1, -0.05) is 37.6 Å². The largest absolute Gasteiger partial charge is 0.338 e. The predicted molar refractivity (Wildman–Crippen MR) is 89.0 cm³/mol. The number of amides is 2. The molecule has 0 saturated carbocycles. The second-order valence-electron chi connectivity index (χ2n) is 4.94. The Bertz CT molecular complexity index is 404. The standard InChI is InChI=1S/C16H26ClN3O/c1-3-20(4-2)13-5-11-18-16(21)19-12-10-14-6-8-15(17)9-7-14/h6-9H,3-5,10-13H2,1-2H3,(H2,18,19,21). The van der Waals surface area contributed by atoms with Crippen molar-refractivity contribution < 1.29 is 4.79 Å². The number of nitrogens with one attached hydrogen (secondary N) is 2. The molecule has 1 aromatic carbocycles. The molecule has 118 valence electrons. The number of hydrogen-bond donors (Lipinski definition) is 2. The number of benzene rings is 1. The van der Waals surface area contributed by atoms with Crippen LogP contribution >= 0.6 is 11.6 Å². The van der Waals surface area contributed by atoms with Crippen molar-refractivity contribution in [1.29, 1.82) is 0 Å². The van der Waals surface area contributed by atoms with E-state index >= 15 is 0 Å². The summed E-state index contributed by atoms with van der Waals surface area (Å²) >= 11 is 5.83. The molecular formula is C16H26ClN3O. The highest BCUT2D eigenvalue weighted by Gasteiger charge is 2.01. The van der Waals surface area contributed by atoms with Crippen molar-refractivity contribution in [2.24, 2.45) is 0 Å². The third-order valence-corrected chi connectivity index (χ3v) is 3.70. The van der Waals surface area contributed by atoms with Crippen molar-refractivity contribution in [3.05, 3.63) is 34.9 Å². The fourth-order valence-corrected chi connectivity index (χ4v) is 2.20. The minimum absolute atomic E-state index is 0.0940. The summed E-state index contributed by atoms with van der Waals surface area (Å²) in [7, 11) is 0. The fourth-order valence-electron chi connectivity index (χ4n) is 2.08. The van der Waals surface area contributed by atoms with Gasteiger partial charge in [0.2, 0.25) is 0 Å². The summed E-state index contributed by atoms with van der Waals surface area (Å²) in [6.45, 7) is 8.79. The zero-order valence-electron chi connectivity index (χ0n) is 13.0. The van der Waals surface area contributed by atoms with Crippen molar-refractivity contribution in [1.82, 2.24) is 15.5 Å². The van der Waals surface area contributed by atoms with Crippen LogP contribution in [0.4, 0.5) is 4.79 Å². The molecule has 0 spiro atoms. The average Bonchev–Trinajstić information content (AvgIpc) is 2.49. The van der Waals surface area contributed by atoms with Gasteiger partial charge in [0.25, 0.3) is 0 Å². The molecular weight excluding hydrogens is 286 g/mol. The molecule has 0 atom stereocenters. The number of nitrogens with zero attached hydrogens (tertiary/aromatic N) is 1. The maximum absolute atomic E-state index is 11.6. The maximum atomic E-state index is 11.6.